The normalized spacial score (nSPS) is 23.6. The maximum Gasteiger partial charge on any atom is 0.223 e. The molecule has 2 N–H and O–H groups in total. The fraction of sp³-hybridized carbons (Fsp3) is 0.875. The summed E-state index contributed by atoms with van der Waals surface area (Å²) in [5, 5.41) is 13.0. The van der Waals surface area contributed by atoms with E-state index in [9.17, 15) is 14.7 Å². The van der Waals surface area contributed by atoms with E-state index >= 15 is 0 Å². The van der Waals surface area contributed by atoms with Gasteiger partial charge in [-0.3, -0.25) is 9.59 Å². The summed E-state index contributed by atoms with van der Waals surface area (Å²) in [5.41, 5.74) is -0.741. The van der Waals surface area contributed by atoms with Gasteiger partial charge in [0.05, 0.1) is 5.60 Å². The minimum atomic E-state index is -0.741. The van der Waals surface area contributed by atoms with Gasteiger partial charge in [0.25, 0.3) is 0 Å². The van der Waals surface area contributed by atoms with Crippen molar-refractivity contribution in [1.29, 1.82) is 0 Å². The predicted octanol–water partition coefficient (Wildman–Crippen LogP) is 1.44. The van der Waals surface area contributed by atoms with Gasteiger partial charge in [0.2, 0.25) is 11.8 Å². The van der Waals surface area contributed by atoms with Crippen LogP contribution >= 0.6 is 0 Å². The number of aliphatic hydroxyl groups is 1. The van der Waals surface area contributed by atoms with Crippen molar-refractivity contribution < 1.29 is 14.7 Å². The Morgan fingerprint density at radius 2 is 1.86 bits per heavy atom. The van der Waals surface area contributed by atoms with Crippen molar-refractivity contribution in [3.63, 3.8) is 0 Å². The number of carbonyl (C=O) groups excluding carboxylic acids is 2. The first-order valence-corrected chi connectivity index (χ1v) is 8.16. The van der Waals surface area contributed by atoms with Gasteiger partial charge in [0.1, 0.15) is 0 Å². The molecular formula is C16H28N2O3. The van der Waals surface area contributed by atoms with Gasteiger partial charge >= 0.3 is 0 Å². The number of carbonyl (C=O) groups is 2. The van der Waals surface area contributed by atoms with Crippen LogP contribution in [0.15, 0.2) is 0 Å². The predicted molar refractivity (Wildman–Crippen MR) is 80.6 cm³/mol. The van der Waals surface area contributed by atoms with Crippen molar-refractivity contribution in [2.45, 2.75) is 70.4 Å². The highest BCUT2D eigenvalue weighted by Gasteiger charge is 2.35. The highest BCUT2D eigenvalue weighted by Crippen LogP contribution is 2.27. The second-order valence-corrected chi connectivity index (χ2v) is 7.03. The van der Waals surface area contributed by atoms with E-state index in [0.29, 0.717) is 19.1 Å². The molecule has 0 spiro atoms. The van der Waals surface area contributed by atoms with Gasteiger partial charge < -0.3 is 15.3 Å². The molecule has 5 nitrogen and oxygen atoms in total. The van der Waals surface area contributed by atoms with Crippen molar-refractivity contribution >= 4 is 11.8 Å². The summed E-state index contributed by atoms with van der Waals surface area (Å²) in [6, 6.07) is 0.318. The van der Waals surface area contributed by atoms with Crippen LogP contribution in [0, 0.1) is 5.92 Å². The summed E-state index contributed by atoms with van der Waals surface area (Å²) in [4.78, 5) is 25.7. The Kier molecular flexibility index (Phi) is 5.25. The minimum absolute atomic E-state index is 0.00603. The van der Waals surface area contributed by atoms with Gasteiger partial charge in [-0.25, -0.2) is 0 Å². The van der Waals surface area contributed by atoms with Crippen LogP contribution in [0.3, 0.4) is 0 Å². The van der Waals surface area contributed by atoms with E-state index in [1.165, 1.54) is 12.8 Å². The smallest absolute Gasteiger partial charge is 0.223 e. The molecule has 0 unspecified atom stereocenters. The molecule has 1 heterocycles. The molecule has 0 aromatic heterocycles. The van der Waals surface area contributed by atoms with Crippen LogP contribution in [-0.2, 0) is 9.59 Å². The van der Waals surface area contributed by atoms with Crippen LogP contribution in [0.25, 0.3) is 0 Å². The molecule has 0 bridgehead atoms. The number of rotatable bonds is 5. The molecule has 21 heavy (non-hydrogen) atoms. The molecule has 0 aromatic rings. The Bertz CT molecular complexity index is 383. The molecule has 2 amide bonds. The zero-order valence-electron chi connectivity index (χ0n) is 13.2. The van der Waals surface area contributed by atoms with Gasteiger partial charge in [-0.1, -0.05) is 12.8 Å². The van der Waals surface area contributed by atoms with E-state index in [-0.39, 0.29) is 30.6 Å². The lowest BCUT2D eigenvalue weighted by Gasteiger charge is -2.25. The maximum absolute atomic E-state index is 12.1. The molecule has 5 heteroatoms. The summed E-state index contributed by atoms with van der Waals surface area (Å²) >= 11 is 0. The third-order valence-corrected chi connectivity index (χ3v) is 4.83. The molecule has 2 aliphatic rings. The van der Waals surface area contributed by atoms with Crippen LogP contribution in [0.1, 0.15) is 58.8 Å². The first-order valence-electron chi connectivity index (χ1n) is 8.16. The zero-order chi connectivity index (χ0) is 15.5. The molecule has 120 valence electrons. The summed E-state index contributed by atoms with van der Waals surface area (Å²) in [7, 11) is 0. The summed E-state index contributed by atoms with van der Waals surface area (Å²) in [5.74, 6) is 0.158. The third kappa shape index (κ3) is 4.70. The maximum atomic E-state index is 12.1. The Morgan fingerprint density at radius 1 is 1.19 bits per heavy atom. The first-order chi connectivity index (χ1) is 9.86. The van der Waals surface area contributed by atoms with Crippen molar-refractivity contribution in [2.75, 3.05) is 13.1 Å². The molecule has 2 fully saturated rings. The average molecular weight is 296 g/mol. The Labute approximate surface area is 127 Å². The van der Waals surface area contributed by atoms with Crippen LogP contribution in [0.4, 0.5) is 0 Å². The molecule has 0 radical (unpaired) electrons. The number of nitrogens with zero attached hydrogens (tertiary/aromatic N) is 1. The largest absolute Gasteiger partial charge is 0.390 e. The van der Waals surface area contributed by atoms with Crippen LogP contribution in [-0.4, -0.2) is 46.6 Å². The van der Waals surface area contributed by atoms with E-state index in [4.69, 9.17) is 0 Å². The van der Waals surface area contributed by atoms with Gasteiger partial charge in [0, 0.05) is 37.9 Å². The number of hydrogen-bond acceptors (Lipinski definition) is 3. The summed E-state index contributed by atoms with van der Waals surface area (Å²) in [6.07, 6.45) is 5.91. The fourth-order valence-electron chi connectivity index (χ4n) is 3.31. The first kappa shape index (κ1) is 16.3. The Balaban J connectivity index is 1.69. The lowest BCUT2D eigenvalue weighted by atomic mass is 9.90. The fourth-order valence-corrected chi connectivity index (χ4v) is 3.31. The van der Waals surface area contributed by atoms with Crippen molar-refractivity contribution in [1.82, 2.24) is 10.2 Å². The molecule has 1 atom stereocenters. The highest BCUT2D eigenvalue weighted by atomic mass is 16.3. The van der Waals surface area contributed by atoms with Crippen molar-refractivity contribution in [3.05, 3.63) is 0 Å². The monoisotopic (exact) mass is 296 g/mol. The number of hydrogen-bond donors (Lipinski definition) is 2. The van der Waals surface area contributed by atoms with Crippen LogP contribution < -0.4 is 5.32 Å². The Morgan fingerprint density at radius 3 is 2.43 bits per heavy atom. The zero-order valence-corrected chi connectivity index (χ0v) is 13.2. The molecule has 1 saturated carbocycles. The van der Waals surface area contributed by atoms with E-state index in [1.807, 2.05) is 0 Å². The number of amides is 2. The van der Waals surface area contributed by atoms with Gasteiger partial charge in [-0.05, 0) is 33.1 Å². The topological polar surface area (TPSA) is 69.6 Å². The second-order valence-electron chi connectivity index (χ2n) is 7.03. The SMILES string of the molecule is CC(C)(O)[C@H]1CCN(C(=O)CCC(=O)NC2CCCC2)C1. The van der Waals surface area contributed by atoms with Crippen LogP contribution in [0.2, 0.25) is 0 Å². The molecular weight excluding hydrogens is 268 g/mol. The third-order valence-electron chi connectivity index (χ3n) is 4.83. The molecule has 1 saturated heterocycles. The molecule has 1 aliphatic carbocycles. The van der Waals surface area contributed by atoms with Crippen molar-refractivity contribution in [3.8, 4) is 0 Å². The van der Waals surface area contributed by atoms with E-state index < -0.39 is 5.60 Å². The lowest BCUT2D eigenvalue weighted by Crippen LogP contribution is -2.36. The van der Waals surface area contributed by atoms with Crippen LogP contribution in [0.5, 0.6) is 0 Å². The highest BCUT2D eigenvalue weighted by molar-refractivity contribution is 5.84. The van der Waals surface area contributed by atoms with Gasteiger partial charge in [-0.15, -0.1) is 0 Å². The van der Waals surface area contributed by atoms with Gasteiger partial charge in [0.15, 0.2) is 0 Å². The van der Waals surface area contributed by atoms with Gasteiger partial charge in [-0.2, -0.15) is 0 Å². The molecule has 2 rings (SSSR count). The standard InChI is InChI=1S/C16H28N2O3/c1-16(2,21)12-9-10-18(11-12)15(20)8-7-14(19)17-13-5-3-4-6-13/h12-13,21H,3-11H2,1-2H3,(H,17,19)/t12-/m0/s1. The van der Waals surface area contributed by atoms with E-state index in [1.54, 1.807) is 18.7 Å². The lowest BCUT2D eigenvalue weighted by molar-refractivity contribution is -0.133. The number of nitrogens with one attached hydrogen (secondary N) is 1. The quantitative estimate of drug-likeness (QED) is 0.806. The Hall–Kier alpha value is -1.10. The average Bonchev–Trinajstić information content (AvgIpc) is 3.05. The summed E-state index contributed by atoms with van der Waals surface area (Å²) in [6.45, 7) is 4.88. The summed E-state index contributed by atoms with van der Waals surface area (Å²) < 4.78 is 0. The van der Waals surface area contributed by atoms with E-state index in [2.05, 4.69) is 5.32 Å². The minimum Gasteiger partial charge on any atom is -0.390 e. The van der Waals surface area contributed by atoms with E-state index in [0.717, 1.165) is 19.3 Å². The number of likely N-dealkylation sites (tertiary alicyclic amines) is 1. The van der Waals surface area contributed by atoms with Crippen molar-refractivity contribution in [2.24, 2.45) is 5.92 Å². The molecule has 1 aliphatic heterocycles. The molecule has 0 aromatic carbocycles. The second kappa shape index (κ2) is 6.77.